The van der Waals surface area contributed by atoms with E-state index in [1.54, 1.807) is 16.8 Å². The second kappa shape index (κ2) is 4.21. The maximum atomic E-state index is 13.2. The molecule has 1 unspecified atom stereocenters. The molecule has 1 aromatic carbocycles. The van der Waals surface area contributed by atoms with Crippen LogP contribution in [0.4, 0.5) is 4.39 Å². The number of hydrogen-bond acceptors (Lipinski definition) is 4. The van der Waals surface area contributed by atoms with Gasteiger partial charge in [-0.1, -0.05) is 6.07 Å². The molecule has 5 nitrogen and oxygen atoms in total. The van der Waals surface area contributed by atoms with Crippen LogP contribution in [0.1, 0.15) is 24.7 Å². The number of hydrogen-bond donors (Lipinski definition) is 1. The van der Waals surface area contributed by atoms with Crippen LogP contribution in [0.15, 0.2) is 24.3 Å². The second-order valence-electron chi connectivity index (χ2n) is 4.08. The lowest BCUT2D eigenvalue weighted by Crippen LogP contribution is -2.18. The predicted molar refractivity (Wildman–Crippen MR) is 59.1 cm³/mol. The molecule has 3 rings (SSSR count). The normalized spacial score (nSPS) is 19.7. The van der Waals surface area contributed by atoms with Gasteiger partial charge in [-0.25, -0.2) is 4.39 Å². The van der Waals surface area contributed by atoms with Crippen molar-refractivity contribution in [3.05, 3.63) is 35.9 Å². The zero-order chi connectivity index (χ0) is 11.7. The van der Waals surface area contributed by atoms with Crippen LogP contribution in [-0.2, 0) is 0 Å². The van der Waals surface area contributed by atoms with Crippen LogP contribution in [0, 0.1) is 5.82 Å². The summed E-state index contributed by atoms with van der Waals surface area (Å²) < 4.78 is 14.8. The predicted octanol–water partition coefficient (Wildman–Crippen LogP) is 1.23. The fraction of sp³-hybridized carbons (Fsp3) is 0.364. The zero-order valence-electron chi connectivity index (χ0n) is 9.17. The number of rotatable bonds is 2. The minimum atomic E-state index is -0.289. The van der Waals surface area contributed by atoms with Gasteiger partial charge in [0.1, 0.15) is 5.82 Å². The quantitative estimate of drug-likeness (QED) is 0.847. The van der Waals surface area contributed by atoms with Gasteiger partial charge in [0.15, 0.2) is 5.82 Å². The third kappa shape index (κ3) is 1.91. The summed E-state index contributed by atoms with van der Waals surface area (Å²) in [6.45, 7) is 0.973. The first kappa shape index (κ1) is 10.3. The molecule has 6 heteroatoms. The Morgan fingerprint density at radius 1 is 1.41 bits per heavy atom. The number of aromatic nitrogens is 4. The number of tetrazole rings is 1. The molecule has 1 saturated heterocycles. The molecular formula is C11H12FN5. The molecule has 1 aromatic heterocycles. The maximum absolute atomic E-state index is 13.2. The standard InChI is InChI=1S/C11H12FN5/c12-8-3-1-4-9(7-8)17-11(14-15-16-17)10-5-2-6-13-10/h1,3-4,7,10,13H,2,5-6H2. The van der Waals surface area contributed by atoms with E-state index in [1.165, 1.54) is 12.1 Å². The highest BCUT2D eigenvalue weighted by atomic mass is 19.1. The lowest BCUT2D eigenvalue weighted by molar-refractivity contribution is 0.580. The SMILES string of the molecule is Fc1cccc(-n2nnnc2C2CCCN2)c1. The highest BCUT2D eigenvalue weighted by Gasteiger charge is 2.23. The Kier molecular flexibility index (Phi) is 2.56. The van der Waals surface area contributed by atoms with E-state index in [1.807, 2.05) is 0 Å². The number of nitrogens with zero attached hydrogens (tertiary/aromatic N) is 4. The molecule has 1 fully saturated rings. The molecule has 1 aliphatic heterocycles. The topological polar surface area (TPSA) is 55.6 Å². The third-order valence-corrected chi connectivity index (χ3v) is 2.92. The minimum absolute atomic E-state index is 0.160. The van der Waals surface area contributed by atoms with Crippen molar-refractivity contribution in [2.24, 2.45) is 0 Å². The summed E-state index contributed by atoms with van der Waals surface area (Å²) in [7, 11) is 0. The van der Waals surface area contributed by atoms with E-state index >= 15 is 0 Å². The average Bonchev–Trinajstić information content (AvgIpc) is 3.00. The summed E-state index contributed by atoms with van der Waals surface area (Å²) in [5, 5.41) is 14.9. The van der Waals surface area contributed by atoms with Crippen molar-refractivity contribution in [2.45, 2.75) is 18.9 Å². The van der Waals surface area contributed by atoms with Gasteiger partial charge in [-0.3, -0.25) is 0 Å². The highest BCUT2D eigenvalue weighted by Crippen LogP contribution is 2.22. The first-order chi connectivity index (χ1) is 8.34. The van der Waals surface area contributed by atoms with Gasteiger partial charge < -0.3 is 5.32 Å². The molecule has 17 heavy (non-hydrogen) atoms. The van der Waals surface area contributed by atoms with Crippen LogP contribution in [-0.4, -0.2) is 26.8 Å². The summed E-state index contributed by atoms with van der Waals surface area (Å²) in [6.07, 6.45) is 2.12. The van der Waals surface area contributed by atoms with Gasteiger partial charge >= 0.3 is 0 Å². The Balaban J connectivity index is 2.00. The molecule has 0 spiro atoms. The van der Waals surface area contributed by atoms with Crippen molar-refractivity contribution in [1.29, 1.82) is 0 Å². The van der Waals surface area contributed by atoms with Crippen LogP contribution < -0.4 is 5.32 Å². The summed E-state index contributed by atoms with van der Waals surface area (Å²) in [4.78, 5) is 0. The molecular weight excluding hydrogens is 221 g/mol. The summed E-state index contributed by atoms with van der Waals surface area (Å²) in [6, 6.07) is 6.43. The fourth-order valence-electron chi connectivity index (χ4n) is 2.11. The third-order valence-electron chi connectivity index (χ3n) is 2.92. The van der Waals surface area contributed by atoms with Crippen molar-refractivity contribution in [3.63, 3.8) is 0 Å². The summed E-state index contributed by atoms with van der Waals surface area (Å²) in [5.41, 5.74) is 0.652. The van der Waals surface area contributed by atoms with Crippen LogP contribution in [0.3, 0.4) is 0 Å². The zero-order valence-corrected chi connectivity index (χ0v) is 9.17. The van der Waals surface area contributed by atoms with Gasteiger partial charge in [0.05, 0.1) is 11.7 Å². The Morgan fingerprint density at radius 2 is 2.35 bits per heavy atom. The smallest absolute Gasteiger partial charge is 0.173 e. The molecule has 1 aliphatic rings. The number of halogens is 1. The van der Waals surface area contributed by atoms with E-state index in [2.05, 4.69) is 20.8 Å². The Morgan fingerprint density at radius 3 is 3.12 bits per heavy atom. The molecule has 0 amide bonds. The van der Waals surface area contributed by atoms with E-state index in [4.69, 9.17) is 0 Å². The molecule has 1 N–H and O–H groups in total. The van der Waals surface area contributed by atoms with Gasteiger partial charge in [0, 0.05) is 0 Å². The molecule has 0 saturated carbocycles. The van der Waals surface area contributed by atoms with Crippen LogP contribution in [0.2, 0.25) is 0 Å². The van der Waals surface area contributed by atoms with Gasteiger partial charge in [-0.05, 0) is 48.0 Å². The van der Waals surface area contributed by atoms with Crippen LogP contribution in [0.25, 0.3) is 5.69 Å². The lowest BCUT2D eigenvalue weighted by Gasteiger charge is -2.10. The Hall–Kier alpha value is -1.82. The highest BCUT2D eigenvalue weighted by molar-refractivity contribution is 5.31. The molecule has 2 heterocycles. The van der Waals surface area contributed by atoms with E-state index in [9.17, 15) is 4.39 Å². The molecule has 0 radical (unpaired) electrons. The molecule has 1 atom stereocenters. The van der Waals surface area contributed by atoms with Crippen molar-refractivity contribution >= 4 is 0 Å². The van der Waals surface area contributed by atoms with E-state index in [0.29, 0.717) is 5.69 Å². The molecule has 88 valence electrons. The largest absolute Gasteiger partial charge is 0.307 e. The minimum Gasteiger partial charge on any atom is -0.307 e. The first-order valence-electron chi connectivity index (χ1n) is 5.62. The van der Waals surface area contributed by atoms with Crippen molar-refractivity contribution in [3.8, 4) is 5.69 Å². The van der Waals surface area contributed by atoms with Gasteiger partial charge in [0.2, 0.25) is 0 Å². The van der Waals surface area contributed by atoms with Gasteiger partial charge in [-0.2, -0.15) is 4.68 Å². The fourth-order valence-corrected chi connectivity index (χ4v) is 2.11. The average molecular weight is 233 g/mol. The van der Waals surface area contributed by atoms with Gasteiger partial charge in [-0.15, -0.1) is 5.10 Å². The van der Waals surface area contributed by atoms with Gasteiger partial charge in [0.25, 0.3) is 0 Å². The summed E-state index contributed by atoms with van der Waals surface area (Å²) >= 11 is 0. The molecule has 0 bridgehead atoms. The summed E-state index contributed by atoms with van der Waals surface area (Å²) in [5.74, 6) is 0.455. The second-order valence-corrected chi connectivity index (χ2v) is 4.08. The Labute approximate surface area is 97.6 Å². The number of nitrogens with one attached hydrogen (secondary N) is 1. The van der Waals surface area contributed by atoms with E-state index in [-0.39, 0.29) is 11.9 Å². The monoisotopic (exact) mass is 233 g/mol. The van der Waals surface area contributed by atoms with E-state index in [0.717, 1.165) is 25.2 Å². The molecule has 2 aromatic rings. The first-order valence-corrected chi connectivity index (χ1v) is 5.62. The maximum Gasteiger partial charge on any atom is 0.173 e. The van der Waals surface area contributed by atoms with Crippen molar-refractivity contribution < 1.29 is 4.39 Å². The van der Waals surface area contributed by atoms with Crippen molar-refractivity contribution in [2.75, 3.05) is 6.54 Å². The Bertz CT molecular complexity index is 518. The van der Waals surface area contributed by atoms with Crippen molar-refractivity contribution in [1.82, 2.24) is 25.5 Å². The van der Waals surface area contributed by atoms with E-state index < -0.39 is 0 Å². The number of benzene rings is 1. The lowest BCUT2D eigenvalue weighted by atomic mass is 10.2. The molecule has 0 aliphatic carbocycles. The van der Waals surface area contributed by atoms with Crippen LogP contribution >= 0.6 is 0 Å². The van der Waals surface area contributed by atoms with Crippen LogP contribution in [0.5, 0.6) is 0 Å².